The van der Waals surface area contributed by atoms with Gasteiger partial charge in [0.15, 0.2) is 5.78 Å². The van der Waals surface area contributed by atoms with Crippen molar-refractivity contribution in [1.29, 1.82) is 0 Å². The van der Waals surface area contributed by atoms with E-state index >= 15 is 0 Å². The molecule has 0 spiro atoms. The molecule has 6 heteroatoms. The SMILES string of the molecule is C=C1NC2=C(C(=O)CCC2)C(c2ccc(OC)c(Br)c2)C1C(=O)OC1CCCC1. The molecule has 0 radical (unpaired) electrons. The van der Waals surface area contributed by atoms with E-state index in [-0.39, 0.29) is 17.9 Å². The van der Waals surface area contributed by atoms with Crippen LogP contribution in [0, 0.1) is 5.92 Å². The molecule has 2 atom stereocenters. The molecule has 1 fully saturated rings. The maximum atomic E-state index is 13.2. The summed E-state index contributed by atoms with van der Waals surface area (Å²) in [6.07, 6.45) is 6.07. The van der Waals surface area contributed by atoms with E-state index in [0.29, 0.717) is 23.4 Å². The lowest BCUT2D eigenvalue weighted by Crippen LogP contribution is -2.41. The summed E-state index contributed by atoms with van der Waals surface area (Å²) < 4.78 is 12.0. The van der Waals surface area contributed by atoms with Crippen molar-refractivity contribution < 1.29 is 19.1 Å². The number of hydrogen-bond acceptors (Lipinski definition) is 5. The Hall–Kier alpha value is -2.08. The van der Waals surface area contributed by atoms with Crippen LogP contribution in [0.5, 0.6) is 5.75 Å². The molecule has 1 aliphatic heterocycles. The smallest absolute Gasteiger partial charge is 0.316 e. The lowest BCUT2D eigenvalue weighted by atomic mass is 9.71. The van der Waals surface area contributed by atoms with Crippen molar-refractivity contribution in [3.63, 3.8) is 0 Å². The Labute approximate surface area is 179 Å². The molecule has 154 valence electrons. The Kier molecular flexibility index (Phi) is 5.81. The van der Waals surface area contributed by atoms with Gasteiger partial charge in [-0.1, -0.05) is 12.6 Å². The van der Waals surface area contributed by atoms with Crippen molar-refractivity contribution in [1.82, 2.24) is 5.32 Å². The maximum absolute atomic E-state index is 13.2. The van der Waals surface area contributed by atoms with Gasteiger partial charge in [-0.3, -0.25) is 9.59 Å². The summed E-state index contributed by atoms with van der Waals surface area (Å²) in [6.45, 7) is 4.15. The molecule has 1 N–H and O–H groups in total. The zero-order valence-corrected chi connectivity index (χ0v) is 18.2. The number of nitrogens with one attached hydrogen (secondary N) is 1. The number of hydrogen-bond donors (Lipinski definition) is 1. The quantitative estimate of drug-likeness (QED) is 0.656. The fraction of sp³-hybridized carbons (Fsp3) is 0.478. The van der Waals surface area contributed by atoms with E-state index in [4.69, 9.17) is 9.47 Å². The molecule has 0 amide bonds. The third-order valence-electron chi connectivity index (χ3n) is 6.16. The van der Waals surface area contributed by atoms with Gasteiger partial charge in [-0.15, -0.1) is 0 Å². The van der Waals surface area contributed by atoms with Crippen LogP contribution in [0.3, 0.4) is 0 Å². The summed E-state index contributed by atoms with van der Waals surface area (Å²) in [5.41, 5.74) is 3.09. The van der Waals surface area contributed by atoms with Gasteiger partial charge in [0.25, 0.3) is 0 Å². The molecule has 0 saturated heterocycles. The highest BCUT2D eigenvalue weighted by Gasteiger charge is 2.44. The molecule has 2 unspecified atom stereocenters. The summed E-state index contributed by atoms with van der Waals surface area (Å²) in [7, 11) is 1.61. The van der Waals surface area contributed by atoms with E-state index in [0.717, 1.165) is 54.3 Å². The molecule has 5 nitrogen and oxygen atoms in total. The van der Waals surface area contributed by atoms with Gasteiger partial charge in [0.2, 0.25) is 0 Å². The number of allylic oxidation sites excluding steroid dienone is 2. The van der Waals surface area contributed by atoms with Gasteiger partial charge in [-0.2, -0.15) is 0 Å². The lowest BCUT2D eigenvalue weighted by Gasteiger charge is -2.38. The number of esters is 1. The Morgan fingerprint density at radius 1 is 1.21 bits per heavy atom. The molecule has 4 rings (SSSR count). The van der Waals surface area contributed by atoms with E-state index in [9.17, 15) is 9.59 Å². The second-order valence-corrected chi connectivity index (χ2v) is 8.87. The van der Waals surface area contributed by atoms with Crippen LogP contribution in [0.1, 0.15) is 56.4 Å². The third kappa shape index (κ3) is 3.87. The summed E-state index contributed by atoms with van der Waals surface area (Å²) >= 11 is 3.54. The number of halogens is 1. The number of ketones is 1. The maximum Gasteiger partial charge on any atom is 0.316 e. The average Bonchev–Trinajstić information content (AvgIpc) is 3.20. The molecule has 1 aromatic carbocycles. The predicted octanol–water partition coefficient (Wildman–Crippen LogP) is 4.77. The van der Waals surface area contributed by atoms with E-state index in [2.05, 4.69) is 27.8 Å². The summed E-state index contributed by atoms with van der Waals surface area (Å²) in [5, 5.41) is 3.27. The summed E-state index contributed by atoms with van der Waals surface area (Å²) in [4.78, 5) is 26.2. The van der Waals surface area contributed by atoms with Crippen LogP contribution in [-0.4, -0.2) is 25.0 Å². The van der Waals surface area contributed by atoms with Gasteiger partial charge in [-0.25, -0.2) is 0 Å². The molecule has 3 aliphatic rings. The van der Waals surface area contributed by atoms with Crippen molar-refractivity contribution >= 4 is 27.7 Å². The number of benzene rings is 1. The van der Waals surface area contributed by atoms with Crippen LogP contribution in [0.15, 0.2) is 46.2 Å². The number of carbonyl (C=O) groups excluding carboxylic acids is 2. The number of carbonyl (C=O) groups is 2. The lowest BCUT2D eigenvalue weighted by molar-refractivity contribution is -0.153. The molecule has 2 aliphatic carbocycles. The first-order valence-corrected chi connectivity index (χ1v) is 11.0. The van der Waals surface area contributed by atoms with E-state index in [1.165, 1.54) is 0 Å². The minimum Gasteiger partial charge on any atom is -0.496 e. The number of Topliss-reactive ketones (excluding diaryl/α,β-unsaturated/α-hetero) is 1. The largest absolute Gasteiger partial charge is 0.496 e. The minimum absolute atomic E-state index is 0.0315. The highest BCUT2D eigenvalue weighted by molar-refractivity contribution is 9.10. The Balaban J connectivity index is 1.76. The second-order valence-electron chi connectivity index (χ2n) is 8.01. The van der Waals surface area contributed by atoms with Gasteiger partial charge in [0.1, 0.15) is 17.8 Å². The number of rotatable bonds is 4. The molecule has 1 heterocycles. The van der Waals surface area contributed by atoms with Crippen molar-refractivity contribution in [3.8, 4) is 5.75 Å². The summed E-state index contributed by atoms with van der Waals surface area (Å²) in [6, 6.07) is 5.72. The first kappa shape index (κ1) is 20.2. The zero-order chi connectivity index (χ0) is 20.5. The Morgan fingerprint density at radius 2 is 1.97 bits per heavy atom. The zero-order valence-electron chi connectivity index (χ0n) is 16.6. The normalized spacial score (nSPS) is 24.9. The van der Waals surface area contributed by atoms with Gasteiger partial charge in [0.05, 0.1) is 11.6 Å². The first-order valence-electron chi connectivity index (χ1n) is 10.3. The Morgan fingerprint density at radius 3 is 2.66 bits per heavy atom. The van der Waals surface area contributed by atoms with Crippen LogP contribution in [-0.2, 0) is 14.3 Å². The predicted molar refractivity (Wildman–Crippen MR) is 113 cm³/mol. The van der Waals surface area contributed by atoms with Crippen LogP contribution in [0.25, 0.3) is 0 Å². The van der Waals surface area contributed by atoms with E-state index in [1.807, 2.05) is 18.2 Å². The Bertz CT molecular complexity index is 885. The number of methoxy groups -OCH3 is 1. The summed E-state index contributed by atoms with van der Waals surface area (Å²) in [5.74, 6) is -0.520. The van der Waals surface area contributed by atoms with Gasteiger partial charge < -0.3 is 14.8 Å². The molecular weight excluding hydrogens is 434 g/mol. The van der Waals surface area contributed by atoms with Gasteiger partial charge in [-0.05, 0) is 72.2 Å². The van der Waals surface area contributed by atoms with Crippen molar-refractivity contribution in [2.24, 2.45) is 5.92 Å². The van der Waals surface area contributed by atoms with Crippen LogP contribution in [0.4, 0.5) is 0 Å². The van der Waals surface area contributed by atoms with E-state index < -0.39 is 11.8 Å². The monoisotopic (exact) mass is 459 g/mol. The third-order valence-corrected chi connectivity index (χ3v) is 6.78. The standard InChI is InChI=1S/C23H26BrNO4/c1-13-20(23(27)29-15-6-3-4-7-15)21(14-10-11-19(28-2)16(24)12-14)22-17(25-13)8-5-9-18(22)26/h10-12,15,20-21,25H,1,3-9H2,2H3. The average molecular weight is 460 g/mol. The molecule has 29 heavy (non-hydrogen) atoms. The molecule has 1 aromatic rings. The molecular formula is C23H26BrNO4. The topological polar surface area (TPSA) is 64.6 Å². The second kappa shape index (κ2) is 8.34. The van der Waals surface area contributed by atoms with Gasteiger partial charge in [0, 0.05) is 29.3 Å². The minimum atomic E-state index is -0.628. The van der Waals surface area contributed by atoms with Crippen molar-refractivity contribution in [3.05, 3.63) is 51.8 Å². The van der Waals surface area contributed by atoms with Gasteiger partial charge >= 0.3 is 5.97 Å². The van der Waals surface area contributed by atoms with Crippen LogP contribution in [0.2, 0.25) is 0 Å². The molecule has 0 bridgehead atoms. The first-order chi connectivity index (χ1) is 14.0. The van der Waals surface area contributed by atoms with E-state index in [1.54, 1.807) is 7.11 Å². The highest BCUT2D eigenvalue weighted by atomic mass is 79.9. The number of ether oxygens (including phenoxy) is 2. The van der Waals surface area contributed by atoms with Crippen molar-refractivity contribution in [2.75, 3.05) is 7.11 Å². The molecule has 0 aromatic heterocycles. The molecule has 1 saturated carbocycles. The van der Waals surface area contributed by atoms with Crippen LogP contribution >= 0.6 is 15.9 Å². The fourth-order valence-corrected chi connectivity index (χ4v) is 5.31. The van der Waals surface area contributed by atoms with Crippen LogP contribution < -0.4 is 10.1 Å². The van der Waals surface area contributed by atoms with Crippen molar-refractivity contribution in [2.45, 2.75) is 57.0 Å². The fourth-order valence-electron chi connectivity index (χ4n) is 4.75. The highest BCUT2D eigenvalue weighted by Crippen LogP contribution is 2.46.